The minimum absolute atomic E-state index is 0.0210. The summed E-state index contributed by atoms with van der Waals surface area (Å²) in [5, 5.41) is 15.2. The van der Waals surface area contributed by atoms with Crippen LogP contribution in [0, 0.1) is 0 Å². The normalized spacial score (nSPS) is 10.2. The quantitative estimate of drug-likeness (QED) is 0.792. The van der Waals surface area contributed by atoms with Crippen molar-refractivity contribution in [1.82, 2.24) is 5.32 Å². The molecule has 0 spiro atoms. The zero-order valence-electron chi connectivity index (χ0n) is 11.6. The van der Waals surface area contributed by atoms with Crippen molar-refractivity contribution in [3.05, 3.63) is 52.4 Å². The molecule has 1 heterocycles. The Hall–Kier alpha value is -2.18. The molecule has 0 bridgehead atoms. The van der Waals surface area contributed by atoms with E-state index < -0.39 is 0 Å². The molecular weight excluding hydrogens is 288 g/mol. The van der Waals surface area contributed by atoms with Crippen molar-refractivity contribution in [2.75, 3.05) is 5.32 Å². The zero-order chi connectivity index (χ0) is 15.2. The first-order valence-electron chi connectivity index (χ1n) is 6.43. The molecule has 2 aromatic rings. The number of carbonyl (C=O) groups excluding carboxylic acids is 2. The maximum Gasteiger partial charge on any atom is 0.261 e. The van der Waals surface area contributed by atoms with Crippen molar-refractivity contribution < 1.29 is 14.7 Å². The van der Waals surface area contributed by atoms with Crippen LogP contribution in [-0.4, -0.2) is 16.9 Å². The minimum Gasteiger partial charge on any atom is -0.392 e. The Bertz CT molecular complexity index is 652. The fourth-order valence-electron chi connectivity index (χ4n) is 1.81. The number of rotatable bonds is 5. The van der Waals surface area contributed by atoms with E-state index in [0.29, 0.717) is 16.4 Å². The van der Waals surface area contributed by atoms with E-state index in [4.69, 9.17) is 5.11 Å². The van der Waals surface area contributed by atoms with Gasteiger partial charge in [0, 0.05) is 13.5 Å². The van der Waals surface area contributed by atoms with Crippen LogP contribution < -0.4 is 10.6 Å². The molecule has 0 aliphatic carbocycles. The van der Waals surface area contributed by atoms with Crippen LogP contribution in [-0.2, 0) is 17.9 Å². The summed E-state index contributed by atoms with van der Waals surface area (Å²) in [6, 6.07) is 10.8. The third kappa shape index (κ3) is 4.40. The van der Waals surface area contributed by atoms with Gasteiger partial charge in [-0.3, -0.25) is 9.59 Å². The first-order valence-corrected chi connectivity index (χ1v) is 7.24. The number of hydrogen-bond donors (Lipinski definition) is 3. The van der Waals surface area contributed by atoms with Crippen LogP contribution >= 0.6 is 11.3 Å². The standard InChI is InChI=1S/C15H16N2O3S/c1-10(19)17-14-6-5-13(21-14)15(20)16-8-11-3-2-4-12(7-11)9-18/h2-7,18H,8-9H2,1H3,(H,16,20)(H,17,19). The Kier molecular flexibility index (Phi) is 5.08. The van der Waals surface area contributed by atoms with Gasteiger partial charge in [0.05, 0.1) is 16.5 Å². The van der Waals surface area contributed by atoms with E-state index in [-0.39, 0.29) is 18.4 Å². The van der Waals surface area contributed by atoms with Crippen LogP contribution in [0.2, 0.25) is 0 Å². The van der Waals surface area contributed by atoms with E-state index in [1.54, 1.807) is 12.1 Å². The molecule has 2 amide bonds. The van der Waals surface area contributed by atoms with Gasteiger partial charge in [-0.1, -0.05) is 24.3 Å². The Morgan fingerprint density at radius 1 is 1.19 bits per heavy atom. The van der Waals surface area contributed by atoms with Crippen LogP contribution in [0.15, 0.2) is 36.4 Å². The van der Waals surface area contributed by atoms with Gasteiger partial charge in [-0.05, 0) is 23.3 Å². The molecule has 2 rings (SSSR count). The lowest BCUT2D eigenvalue weighted by Crippen LogP contribution is -2.21. The fourth-order valence-corrected chi connectivity index (χ4v) is 2.68. The van der Waals surface area contributed by atoms with Crippen molar-refractivity contribution >= 4 is 28.2 Å². The third-order valence-corrected chi connectivity index (χ3v) is 3.76. The summed E-state index contributed by atoms with van der Waals surface area (Å²) in [5.74, 6) is -0.351. The van der Waals surface area contributed by atoms with Gasteiger partial charge >= 0.3 is 0 Å². The van der Waals surface area contributed by atoms with E-state index >= 15 is 0 Å². The average molecular weight is 304 g/mol. The van der Waals surface area contributed by atoms with Gasteiger partial charge in [-0.2, -0.15) is 0 Å². The Morgan fingerprint density at radius 2 is 1.95 bits per heavy atom. The number of nitrogens with one attached hydrogen (secondary N) is 2. The smallest absolute Gasteiger partial charge is 0.261 e. The number of thiophene rings is 1. The van der Waals surface area contributed by atoms with Gasteiger partial charge in [-0.25, -0.2) is 0 Å². The molecule has 0 saturated carbocycles. The second-order valence-electron chi connectivity index (χ2n) is 4.51. The van der Waals surface area contributed by atoms with Gasteiger partial charge < -0.3 is 15.7 Å². The van der Waals surface area contributed by atoms with Crippen LogP contribution in [0.5, 0.6) is 0 Å². The molecule has 6 heteroatoms. The van der Waals surface area contributed by atoms with Gasteiger partial charge in [0.25, 0.3) is 5.91 Å². The topological polar surface area (TPSA) is 78.4 Å². The molecule has 110 valence electrons. The maximum absolute atomic E-state index is 12.0. The summed E-state index contributed by atoms with van der Waals surface area (Å²) < 4.78 is 0. The molecule has 0 fully saturated rings. The zero-order valence-corrected chi connectivity index (χ0v) is 12.4. The average Bonchev–Trinajstić information content (AvgIpc) is 2.92. The highest BCUT2D eigenvalue weighted by Crippen LogP contribution is 2.21. The number of aliphatic hydroxyl groups is 1. The number of carbonyl (C=O) groups is 2. The van der Waals surface area contributed by atoms with Gasteiger partial charge in [-0.15, -0.1) is 11.3 Å². The van der Waals surface area contributed by atoms with Crippen molar-refractivity contribution in [3.8, 4) is 0 Å². The van der Waals surface area contributed by atoms with Crippen molar-refractivity contribution in [2.45, 2.75) is 20.1 Å². The van der Waals surface area contributed by atoms with Crippen LogP contribution in [0.1, 0.15) is 27.7 Å². The lowest BCUT2D eigenvalue weighted by atomic mass is 10.1. The number of amides is 2. The second kappa shape index (κ2) is 7.01. The second-order valence-corrected chi connectivity index (χ2v) is 5.59. The van der Waals surface area contributed by atoms with E-state index in [9.17, 15) is 9.59 Å². The summed E-state index contributed by atoms with van der Waals surface area (Å²) in [5.41, 5.74) is 1.74. The number of anilines is 1. The number of aliphatic hydroxyl groups excluding tert-OH is 1. The molecular formula is C15H16N2O3S. The van der Waals surface area contributed by atoms with Crippen LogP contribution in [0.25, 0.3) is 0 Å². The Balaban J connectivity index is 1.94. The fraction of sp³-hybridized carbons (Fsp3) is 0.200. The summed E-state index contributed by atoms with van der Waals surface area (Å²) >= 11 is 1.23. The van der Waals surface area contributed by atoms with Gasteiger partial charge in [0.15, 0.2) is 0 Å². The number of hydrogen-bond acceptors (Lipinski definition) is 4. The first-order chi connectivity index (χ1) is 10.1. The molecule has 1 aromatic heterocycles. The van der Waals surface area contributed by atoms with E-state index in [2.05, 4.69) is 10.6 Å². The first kappa shape index (κ1) is 15.2. The molecule has 0 unspecified atom stereocenters. The molecule has 5 nitrogen and oxygen atoms in total. The monoisotopic (exact) mass is 304 g/mol. The third-order valence-electron chi connectivity index (χ3n) is 2.76. The molecule has 0 radical (unpaired) electrons. The highest BCUT2D eigenvalue weighted by molar-refractivity contribution is 7.18. The molecule has 1 aromatic carbocycles. The minimum atomic E-state index is -0.189. The Labute approximate surface area is 126 Å². The molecule has 0 atom stereocenters. The molecule has 21 heavy (non-hydrogen) atoms. The van der Waals surface area contributed by atoms with Crippen molar-refractivity contribution in [1.29, 1.82) is 0 Å². The maximum atomic E-state index is 12.0. The van der Waals surface area contributed by atoms with Crippen molar-refractivity contribution in [3.63, 3.8) is 0 Å². The highest BCUT2D eigenvalue weighted by Gasteiger charge is 2.09. The van der Waals surface area contributed by atoms with Crippen LogP contribution in [0.4, 0.5) is 5.00 Å². The SMILES string of the molecule is CC(=O)Nc1ccc(C(=O)NCc2cccc(CO)c2)s1. The van der Waals surface area contributed by atoms with Crippen LogP contribution in [0.3, 0.4) is 0 Å². The molecule has 0 aliphatic heterocycles. The van der Waals surface area contributed by atoms with E-state index in [0.717, 1.165) is 11.1 Å². The largest absolute Gasteiger partial charge is 0.392 e. The van der Waals surface area contributed by atoms with Gasteiger partial charge in [0.2, 0.25) is 5.91 Å². The van der Waals surface area contributed by atoms with E-state index in [1.807, 2.05) is 24.3 Å². The lowest BCUT2D eigenvalue weighted by molar-refractivity contribution is -0.114. The highest BCUT2D eigenvalue weighted by atomic mass is 32.1. The lowest BCUT2D eigenvalue weighted by Gasteiger charge is -2.05. The predicted molar refractivity (Wildman–Crippen MR) is 82.2 cm³/mol. The Morgan fingerprint density at radius 3 is 2.67 bits per heavy atom. The summed E-state index contributed by atoms with van der Waals surface area (Å²) in [6.45, 7) is 1.79. The van der Waals surface area contributed by atoms with Gasteiger partial charge in [0.1, 0.15) is 0 Å². The summed E-state index contributed by atoms with van der Waals surface area (Å²) in [6.07, 6.45) is 0. The predicted octanol–water partition coefficient (Wildman–Crippen LogP) is 2.13. The van der Waals surface area contributed by atoms with E-state index in [1.165, 1.54) is 18.3 Å². The molecule has 0 aliphatic rings. The van der Waals surface area contributed by atoms with Crippen molar-refractivity contribution in [2.24, 2.45) is 0 Å². The number of benzene rings is 1. The molecule has 3 N–H and O–H groups in total. The summed E-state index contributed by atoms with van der Waals surface area (Å²) in [4.78, 5) is 23.5. The molecule has 0 saturated heterocycles. The summed E-state index contributed by atoms with van der Waals surface area (Å²) in [7, 11) is 0.